The van der Waals surface area contributed by atoms with Crippen molar-refractivity contribution in [3.05, 3.63) is 0 Å². The van der Waals surface area contributed by atoms with Crippen molar-refractivity contribution in [3.8, 4) is 0 Å². The molecule has 0 fully saturated rings. The summed E-state index contributed by atoms with van der Waals surface area (Å²) in [6.45, 7) is 14.3. The van der Waals surface area contributed by atoms with E-state index in [1.165, 1.54) is 0 Å². The van der Waals surface area contributed by atoms with Gasteiger partial charge in [0.2, 0.25) is 6.35 Å². The van der Waals surface area contributed by atoms with Crippen LogP contribution in [-0.4, -0.2) is 12.3 Å². The van der Waals surface area contributed by atoms with E-state index in [0.717, 1.165) is 6.42 Å². The minimum absolute atomic E-state index is 0.0275. The zero-order valence-electron chi connectivity index (χ0n) is 12.3. The zero-order chi connectivity index (χ0) is 14.1. The van der Waals surface area contributed by atoms with Gasteiger partial charge in [-0.25, -0.2) is 0 Å². The quantitative estimate of drug-likeness (QED) is 0.589. The van der Waals surface area contributed by atoms with Crippen LogP contribution in [0, 0.1) is 16.2 Å². The molecule has 0 amide bonds. The number of carbonyl (C=O) groups excluding carboxylic acids is 1. The van der Waals surface area contributed by atoms with Gasteiger partial charge in [-0.05, 0) is 24.2 Å². The molecule has 0 aromatic carbocycles. The second kappa shape index (κ2) is 4.94. The van der Waals surface area contributed by atoms with Crippen LogP contribution in [0.4, 0.5) is 0 Å². The second-order valence-corrected chi connectivity index (χ2v) is 7.19. The summed E-state index contributed by atoms with van der Waals surface area (Å²) in [6, 6.07) is 0. The van der Waals surface area contributed by atoms with Gasteiger partial charge in [-0.1, -0.05) is 41.5 Å². The Morgan fingerprint density at radius 3 is 1.71 bits per heavy atom. The number of rotatable bonds is 3. The summed E-state index contributed by atoms with van der Waals surface area (Å²) in [6.07, 6.45) is -0.334. The molecule has 0 radical (unpaired) electrons. The Balaban J connectivity index is 5.20. The van der Waals surface area contributed by atoms with Crippen LogP contribution in [0.2, 0.25) is 0 Å². The fourth-order valence-corrected chi connectivity index (χ4v) is 1.96. The summed E-state index contributed by atoms with van der Waals surface area (Å²) in [5, 5.41) is 0. The predicted molar refractivity (Wildman–Crippen MR) is 69.9 cm³/mol. The van der Waals surface area contributed by atoms with Gasteiger partial charge in [0.1, 0.15) is 0 Å². The van der Waals surface area contributed by atoms with E-state index in [1.54, 1.807) is 0 Å². The first-order valence-electron chi connectivity index (χ1n) is 6.02. The summed E-state index contributed by atoms with van der Waals surface area (Å²) in [4.78, 5) is 12.2. The van der Waals surface area contributed by atoms with Crippen molar-refractivity contribution in [1.82, 2.24) is 0 Å². The maximum Gasteiger partial charge on any atom is 0.314 e. The summed E-state index contributed by atoms with van der Waals surface area (Å²) in [5.74, 6) is -0.324. The minimum atomic E-state index is -1.05. The summed E-state index contributed by atoms with van der Waals surface area (Å²) >= 11 is 0. The fourth-order valence-electron chi connectivity index (χ4n) is 1.96. The zero-order valence-corrected chi connectivity index (χ0v) is 12.3. The second-order valence-electron chi connectivity index (χ2n) is 7.19. The maximum absolute atomic E-state index is 12.2. The van der Waals surface area contributed by atoms with Crippen molar-refractivity contribution in [2.75, 3.05) is 0 Å². The van der Waals surface area contributed by atoms with Gasteiger partial charge in [0, 0.05) is 0 Å². The molecule has 0 aromatic rings. The average Bonchev–Trinajstić information content (AvgIpc) is 1.96. The van der Waals surface area contributed by atoms with E-state index in [4.69, 9.17) is 16.2 Å². The Morgan fingerprint density at radius 2 is 1.47 bits per heavy atom. The van der Waals surface area contributed by atoms with Crippen LogP contribution in [0.5, 0.6) is 0 Å². The molecule has 0 saturated carbocycles. The first-order valence-corrected chi connectivity index (χ1v) is 6.02. The lowest BCUT2D eigenvalue weighted by Gasteiger charge is -2.43. The third-order valence-corrected chi connectivity index (χ3v) is 3.23. The summed E-state index contributed by atoms with van der Waals surface area (Å²) in [7, 11) is 0. The Labute approximate surface area is 105 Å². The molecule has 0 aliphatic carbocycles. The molecule has 0 spiro atoms. The van der Waals surface area contributed by atoms with Crippen molar-refractivity contribution >= 4 is 5.97 Å². The number of hydrogen-bond acceptors (Lipinski definition) is 4. The molecule has 4 heteroatoms. The third-order valence-electron chi connectivity index (χ3n) is 3.23. The monoisotopic (exact) mass is 244 g/mol. The van der Waals surface area contributed by atoms with Crippen molar-refractivity contribution in [3.63, 3.8) is 0 Å². The molecule has 17 heavy (non-hydrogen) atoms. The van der Waals surface area contributed by atoms with Crippen LogP contribution < -0.4 is 11.5 Å². The summed E-state index contributed by atoms with van der Waals surface area (Å²) < 4.78 is 5.00. The van der Waals surface area contributed by atoms with E-state index in [1.807, 2.05) is 27.7 Å². The van der Waals surface area contributed by atoms with E-state index >= 15 is 0 Å². The molecule has 4 N–H and O–H groups in total. The first kappa shape index (κ1) is 16.4. The number of ether oxygens (including phenoxy) is 1. The van der Waals surface area contributed by atoms with Crippen LogP contribution in [0.15, 0.2) is 0 Å². The van der Waals surface area contributed by atoms with Gasteiger partial charge in [0.25, 0.3) is 0 Å². The van der Waals surface area contributed by atoms with Gasteiger partial charge < -0.3 is 4.74 Å². The molecule has 0 aliphatic heterocycles. The minimum Gasteiger partial charge on any atom is -0.433 e. The van der Waals surface area contributed by atoms with Crippen LogP contribution in [0.25, 0.3) is 0 Å². The number of esters is 1. The Kier molecular flexibility index (Phi) is 4.77. The molecule has 102 valence electrons. The summed E-state index contributed by atoms with van der Waals surface area (Å²) in [5.41, 5.74) is 9.87. The molecule has 4 nitrogen and oxygen atoms in total. The predicted octanol–water partition coefficient (Wildman–Crippen LogP) is 2.22. The highest BCUT2D eigenvalue weighted by Gasteiger charge is 2.48. The molecular weight excluding hydrogens is 216 g/mol. The van der Waals surface area contributed by atoms with E-state index < -0.39 is 11.8 Å². The Hall–Kier alpha value is -0.610. The van der Waals surface area contributed by atoms with Crippen LogP contribution >= 0.6 is 0 Å². The average molecular weight is 244 g/mol. The number of carbonyl (C=O) groups is 1. The number of nitrogens with two attached hydrogens (primary N) is 2. The van der Waals surface area contributed by atoms with Crippen molar-refractivity contribution in [2.45, 2.75) is 61.2 Å². The lowest BCUT2D eigenvalue weighted by Crippen LogP contribution is -2.48. The maximum atomic E-state index is 12.2. The SMILES string of the molecule is CC(C)(C)CC(C)(C(=O)OC(N)N)C(C)(C)C. The fraction of sp³-hybridized carbons (Fsp3) is 0.923. The Bertz CT molecular complexity index is 274. The van der Waals surface area contributed by atoms with Gasteiger partial charge in [-0.3, -0.25) is 16.3 Å². The molecule has 0 rings (SSSR count). The van der Waals surface area contributed by atoms with E-state index in [0.29, 0.717) is 0 Å². The lowest BCUT2D eigenvalue weighted by molar-refractivity contribution is -0.170. The molecule has 1 unspecified atom stereocenters. The van der Waals surface area contributed by atoms with Crippen molar-refractivity contribution in [2.24, 2.45) is 27.7 Å². The van der Waals surface area contributed by atoms with Gasteiger partial charge in [0.05, 0.1) is 5.41 Å². The molecule has 0 bridgehead atoms. The Morgan fingerprint density at radius 1 is 1.06 bits per heavy atom. The van der Waals surface area contributed by atoms with E-state index in [9.17, 15) is 4.79 Å². The van der Waals surface area contributed by atoms with Gasteiger partial charge >= 0.3 is 5.97 Å². The van der Waals surface area contributed by atoms with Gasteiger partial charge in [-0.2, -0.15) is 0 Å². The van der Waals surface area contributed by atoms with Crippen molar-refractivity contribution in [1.29, 1.82) is 0 Å². The molecule has 0 heterocycles. The van der Waals surface area contributed by atoms with E-state index in [-0.39, 0.29) is 16.8 Å². The highest BCUT2D eigenvalue weighted by Crippen LogP contribution is 2.47. The van der Waals surface area contributed by atoms with Crippen LogP contribution in [-0.2, 0) is 9.53 Å². The highest BCUT2D eigenvalue weighted by atomic mass is 16.6. The largest absolute Gasteiger partial charge is 0.433 e. The van der Waals surface area contributed by atoms with Gasteiger partial charge in [0.15, 0.2) is 0 Å². The van der Waals surface area contributed by atoms with Crippen LogP contribution in [0.3, 0.4) is 0 Å². The van der Waals surface area contributed by atoms with Gasteiger partial charge in [-0.15, -0.1) is 0 Å². The smallest absolute Gasteiger partial charge is 0.314 e. The lowest BCUT2D eigenvalue weighted by atomic mass is 9.61. The standard InChI is InChI=1S/C13H28N2O2/c1-11(2,3)8-13(7,12(4,5)6)9(16)17-10(14)15/h10H,8,14-15H2,1-7H3. The highest BCUT2D eigenvalue weighted by molar-refractivity contribution is 5.77. The topological polar surface area (TPSA) is 78.3 Å². The molecule has 0 aromatic heterocycles. The van der Waals surface area contributed by atoms with E-state index in [2.05, 4.69) is 20.8 Å². The molecule has 0 saturated heterocycles. The van der Waals surface area contributed by atoms with Crippen molar-refractivity contribution < 1.29 is 9.53 Å². The normalized spacial score (nSPS) is 16.8. The first-order chi connectivity index (χ1) is 7.29. The molecular formula is C13H28N2O2. The molecule has 1 atom stereocenters. The third kappa shape index (κ3) is 4.64. The van der Waals surface area contributed by atoms with Crippen LogP contribution in [0.1, 0.15) is 54.9 Å². The number of hydrogen-bond donors (Lipinski definition) is 2. The molecule has 0 aliphatic rings.